The van der Waals surface area contributed by atoms with Gasteiger partial charge in [-0.1, -0.05) is 6.07 Å². The van der Waals surface area contributed by atoms with Gasteiger partial charge in [0.25, 0.3) is 0 Å². The third kappa shape index (κ3) is 3.13. The molecule has 4 nitrogen and oxygen atoms in total. The van der Waals surface area contributed by atoms with Gasteiger partial charge in [0, 0.05) is 24.7 Å². The lowest BCUT2D eigenvalue weighted by Crippen LogP contribution is -2.50. The molecule has 2 aliphatic rings. The van der Waals surface area contributed by atoms with Crippen LogP contribution in [0.1, 0.15) is 31.9 Å². The van der Waals surface area contributed by atoms with E-state index in [0.29, 0.717) is 5.88 Å². The molecule has 20 heavy (non-hydrogen) atoms. The summed E-state index contributed by atoms with van der Waals surface area (Å²) >= 11 is 0. The van der Waals surface area contributed by atoms with Gasteiger partial charge in [0.05, 0.1) is 12.8 Å². The van der Waals surface area contributed by atoms with E-state index in [4.69, 9.17) is 4.74 Å². The van der Waals surface area contributed by atoms with E-state index in [1.807, 2.05) is 12.1 Å². The van der Waals surface area contributed by atoms with Crippen molar-refractivity contribution in [1.82, 2.24) is 15.2 Å². The molecule has 0 amide bonds. The van der Waals surface area contributed by atoms with Crippen LogP contribution >= 0.6 is 0 Å². The molecule has 2 fully saturated rings. The minimum Gasteiger partial charge on any atom is -0.481 e. The van der Waals surface area contributed by atoms with E-state index < -0.39 is 0 Å². The lowest BCUT2D eigenvalue weighted by molar-refractivity contribution is 0.193. The third-order valence-corrected chi connectivity index (χ3v) is 4.59. The first kappa shape index (κ1) is 13.8. The molecule has 0 radical (unpaired) electrons. The van der Waals surface area contributed by atoms with Crippen molar-refractivity contribution < 1.29 is 4.74 Å². The summed E-state index contributed by atoms with van der Waals surface area (Å²) in [6.07, 6.45) is 3.98. The Hall–Kier alpha value is -1.13. The van der Waals surface area contributed by atoms with Gasteiger partial charge in [-0.2, -0.15) is 0 Å². The first-order valence-electron chi connectivity index (χ1n) is 7.67. The Morgan fingerprint density at radius 1 is 1.45 bits per heavy atom. The maximum atomic E-state index is 5.22. The summed E-state index contributed by atoms with van der Waals surface area (Å²) < 4.78 is 5.22. The molecule has 0 spiro atoms. The maximum absolute atomic E-state index is 5.22. The van der Waals surface area contributed by atoms with Gasteiger partial charge >= 0.3 is 0 Å². The van der Waals surface area contributed by atoms with Crippen LogP contribution in [-0.4, -0.2) is 42.2 Å². The van der Waals surface area contributed by atoms with Crippen molar-refractivity contribution in [3.05, 3.63) is 23.9 Å². The molecule has 1 atom stereocenters. The second-order valence-electron chi connectivity index (χ2n) is 6.35. The van der Waals surface area contributed by atoms with E-state index in [9.17, 15) is 0 Å². The number of aromatic nitrogens is 1. The highest BCUT2D eigenvalue weighted by atomic mass is 16.5. The lowest BCUT2D eigenvalue weighted by Gasteiger charge is -2.33. The van der Waals surface area contributed by atoms with E-state index in [1.165, 1.54) is 19.3 Å². The summed E-state index contributed by atoms with van der Waals surface area (Å²) in [7, 11) is 1.67. The zero-order valence-electron chi connectivity index (χ0n) is 12.6. The number of hydrogen-bond donors (Lipinski definition) is 1. The number of nitrogens with zero attached hydrogens (tertiary/aromatic N) is 2. The molecule has 110 valence electrons. The second-order valence-corrected chi connectivity index (χ2v) is 6.35. The van der Waals surface area contributed by atoms with Crippen LogP contribution in [-0.2, 0) is 6.54 Å². The average Bonchev–Trinajstić information content (AvgIpc) is 3.28. The molecule has 1 saturated heterocycles. The predicted octanol–water partition coefficient (Wildman–Crippen LogP) is 2.05. The Kier molecular flexibility index (Phi) is 3.94. The maximum Gasteiger partial charge on any atom is 0.213 e. The van der Waals surface area contributed by atoms with Crippen LogP contribution in [0.4, 0.5) is 0 Å². The fourth-order valence-electron chi connectivity index (χ4n) is 3.29. The smallest absolute Gasteiger partial charge is 0.213 e. The van der Waals surface area contributed by atoms with Crippen molar-refractivity contribution >= 4 is 0 Å². The van der Waals surface area contributed by atoms with Crippen LogP contribution in [0.2, 0.25) is 0 Å². The number of rotatable bonds is 4. The molecule has 1 aliphatic carbocycles. The van der Waals surface area contributed by atoms with E-state index in [0.717, 1.165) is 37.8 Å². The number of ether oxygens (including phenoxy) is 1. The van der Waals surface area contributed by atoms with E-state index >= 15 is 0 Å². The van der Waals surface area contributed by atoms with Crippen LogP contribution in [0, 0.1) is 5.92 Å². The van der Waals surface area contributed by atoms with Gasteiger partial charge in [0.1, 0.15) is 0 Å². The summed E-state index contributed by atoms with van der Waals surface area (Å²) in [5, 5.41) is 3.77. The second kappa shape index (κ2) is 5.70. The van der Waals surface area contributed by atoms with Gasteiger partial charge in [-0.3, -0.25) is 4.90 Å². The summed E-state index contributed by atoms with van der Waals surface area (Å²) in [6, 6.07) is 6.02. The largest absolute Gasteiger partial charge is 0.481 e. The molecule has 1 unspecified atom stereocenters. The highest BCUT2D eigenvalue weighted by molar-refractivity contribution is 5.16. The zero-order chi connectivity index (χ0) is 14.0. The monoisotopic (exact) mass is 275 g/mol. The van der Waals surface area contributed by atoms with Crippen LogP contribution in [0.5, 0.6) is 5.88 Å². The van der Waals surface area contributed by atoms with Gasteiger partial charge in [-0.25, -0.2) is 4.98 Å². The van der Waals surface area contributed by atoms with E-state index in [-0.39, 0.29) is 5.54 Å². The van der Waals surface area contributed by atoms with Crippen molar-refractivity contribution in [2.24, 2.45) is 5.92 Å². The van der Waals surface area contributed by atoms with Crippen LogP contribution in [0.25, 0.3) is 0 Å². The SMILES string of the molecule is COc1cccc(CN2CCCNC(C)(C3CC3)C2)n1. The number of methoxy groups -OCH3 is 1. The quantitative estimate of drug-likeness (QED) is 0.912. The number of hydrogen-bond acceptors (Lipinski definition) is 4. The van der Waals surface area contributed by atoms with Crippen molar-refractivity contribution in [2.75, 3.05) is 26.7 Å². The predicted molar refractivity (Wildman–Crippen MR) is 79.8 cm³/mol. The standard InChI is InChI=1S/C16H25N3O/c1-16(13-7-8-13)12-19(10-4-9-17-16)11-14-5-3-6-15(18-14)20-2/h3,5-6,13,17H,4,7-12H2,1-2H3. The van der Waals surface area contributed by atoms with Crippen LogP contribution in [0.15, 0.2) is 18.2 Å². The van der Waals surface area contributed by atoms with Gasteiger partial charge in [-0.05, 0) is 51.3 Å². The lowest BCUT2D eigenvalue weighted by atomic mass is 9.95. The minimum atomic E-state index is 0.287. The Labute approximate surface area is 121 Å². The fourth-order valence-corrected chi connectivity index (χ4v) is 3.29. The summed E-state index contributed by atoms with van der Waals surface area (Å²) in [5.74, 6) is 1.57. The molecule has 1 saturated carbocycles. The highest BCUT2D eigenvalue weighted by Gasteiger charge is 2.42. The molecule has 0 bridgehead atoms. The normalized spacial score (nSPS) is 28.1. The van der Waals surface area contributed by atoms with Crippen molar-refractivity contribution in [3.63, 3.8) is 0 Å². The summed E-state index contributed by atoms with van der Waals surface area (Å²) in [5.41, 5.74) is 1.39. The van der Waals surface area contributed by atoms with Gasteiger partial charge in [0.15, 0.2) is 0 Å². The molecule has 0 aromatic carbocycles. The first-order valence-corrected chi connectivity index (χ1v) is 7.67. The molecule has 1 N–H and O–H groups in total. The third-order valence-electron chi connectivity index (χ3n) is 4.59. The highest BCUT2D eigenvalue weighted by Crippen LogP contribution is 2.40. The first-order chi connectivity index (χ1) is 9.69. The van der Waals surface area contributed by atoms with Crippen molar-refractivity contribution in [3.8, 4) is 5.88 Å². The summed E-state index contributed by atoms with van der Waals surface area (Å²) in [4.78, 5) is 7.08. The molecule has 1 aromatic rings. The number of pyridine rings is 1. The zero-order valence-corrected chi connectivity index (χ0v) is 12.6. The number of nitrogens with one attached hydrogen (secondary N) is 1. The minimum absolute atomic E-state index is 0.287. The van der Waals surface area contributed by atoms with Crippen LogP contribution < -0.4 is 10.1 Å². The Morgan fingerprint density at radius 2 is 2.30 bits per heavy atom. The van der Waals surface area contributed by atoms with Crippen LogP contribution in [0.3, 0.4) is 0 Å². The van der Waals surface area contributed by atoms with E-state index in [1.54, 1.807) is 7.11 Å². The molecular weight excluding hydrogens is 250 g/mol. The molecular formula is C16H25N3O. The van der Waals surface area contributed by atoms with Crippen molar-refractivity contribution in [2.45, 2.75) is 38.3 Å². The topological polar surface area (TPSA) is 37.4 Å². The molecule has 4 heteroatoms. The Morgan fingerprint density at radius 3 is 3.05 bits per heavy atom. The molecule has 1 aromatic heterocycles. The van der Waals surface area contributed by atoms with E-state index in [2.05, 4.69) is 28.2 Å². The fraction of sp³-hybridized carbons (Fsp3) is 0.688. The van der Waals surface area contributed by atoms with Gasteiger partial charge in [0.2, 0.25) is 5.88 Å². The average molecular weight is 275 g/mol. The van der Waals surface area contributed by atoms with Crippen molar-refractivity contribution in [1.29, 1.82) is 0 Å². The molecule has 1 aliphatic heterocycles. The van der Waals surface area contributed by atoms with Gasteiger partial charge in [-0.15, -0.1) is 0 Å². The summed E-state index contributed by atoms with van der Waals surface area (Å²) in [6.45, 7) is 6.71. The Balaban J connectivity index is 1.68. The Bertz CT molecular complexity index is 461. The van der Waals surface area contributed by atoms with Gasteiger partial charge < -0.3 is 10.1 Å². The molecule has 2 heterocycles. The molecule has 3 rings (SSSR count).